The molecule has 0 aliphatic carbocycles. The highest BCUT2D eigenvalue weighted by atomic mass is 16.1. The lowest BCUT2D eigenvalue weighted by Crippen LogP contribution is -2.21. The maximum Gasteiger partial charge on any atom is 0.266 e. The molecule has 2 aromatic heterocycles. The number of H-pyrrole nitrogens is 1. The zero-order valence-corrected chi connectivity index (χ0v) is 17.5. The van der Waals surface area contributed by atoms with Gasteiger partial charge in [0.25, 0.3) is 5.56 Å². The van der Waals surface area contributed by atoms with Crippen LogP contribution in [0.4, 0.5) is 17.1 Å². The molecule has 7 heteroatoms. The molecule has 1 aliphatic rings. The number of aromatic nitrogens is 3. The van der Waals surface area contributed by atoms with E-state index in [-0.39, 0.29) is 17.9 Å². The first-order valence-electron chi connectivity index (χ1n) is 10.3. The van der Waals surface area contributed by atoms with E-state index in [0.29, 0.717) is 5.65 Å². The average Bonchev–Trinajstić information content (AvgIpc) is 3.35. The smallest absolute Gasteiger partial charge is 0.266 e. The van der Waals surface area contributed by atoms with Crippen molar-refractivity contribution >= 4 is 28.6 Å². The normalized spacial score (nSPS) is 12.9. The second kappa shape index (κ2) is 7.43. The second-order valence-corrected chi connectivity index (χ2v) is 7.85. The zero-order chi connectivity index (χ0) is 21.5. The van der Waals surface area contributed by atoms with Crippen LogP contribution in [0.5, 0.6) is 0 Å². The standard InChI is InChI=1S/C24H23N5O2/c1-15-18(16(2)29-22(25-15)14-24(31)27-29)13-23(30)26-19-8-4-6-10-21(19)28-12-11-17-7-3-5-9-20(17)28/h3-10,14H,11-13H2,1-2H3,(H,26,30)(H,27,31). The molecule has 3 heterocycles. The molecule has 7 nitrogen and oxygen atoms in total. The quantitative estimate of drug-likeness (QED) is 0.536. The van der Waals surface area contributed by atoms with Gasteiger partial charge in [-0.1, -0.05) is 30.3 Å². The van der Waals surface area contributed by atoms with Crippen LogP contribution in [0.25, 0.3) is 5.65 Å². The number of fused-ring (bicyclic) bond motifs is 2. The number of hydrogen-bond donors (Lipinski definition) is 2. The number of nitrogens with zero attached hydrogens (tertiary/aromatic N) is 3. The van der Waals surface area contributed by atoms with Gasteiger partial charge in [-0.05, 0) is 44.0 Å². The van der Waals surface area contributed by atoms with Gasteiger partial charge in [-0.3, -0.25) is 14.7 Å². The van der Waals surface area contributed by atoms with E-state index in [1.807, 2.05) is 44.2 Å². The van der Waals surface area contributed by atoms with Crippen molar-refractivity contribution in [1.82, 2.24) is 14.6 Å². The lowest BCUT2D eigenvalue weighted by Gasteiger charge is -2.23. The molecule has 5 rings (SSSR count). The van der Waals surface area contributed by atoms with Crippen LogP contribution < -0.4 is 15.8 Å². The monoisotopic (exact) mass is 413 g/mol. The molecule has 156 valence electrons. The third kappa shape index (κ3) is 3.38. The molecule has 0 saturated carbocycles. The van der Waals surface area contributed by atoms with Gasteiger partial charge in [-0.2, -0.15) is 0 Å². The molecule has 2 N–H and O–H groups in total. The van der Waals surface area contributed by atoms with Crippen molar-refractivity contribution in [2.75, 3.05) is 16.8 Å². The molecule has 1 aliphatic heterocycles. The van der Waals surface area contributed by atoms with E-state index in [2.05, 4.69) is 38.5 Å². The summed E-state index contributed by atoms with van der Waals surface area (Å²) in [5.74, 6) is -0.123. The van der Waals surface area contributed by atoms with E-state index in [0.717, 1.165) is 41.3 Å². The molecule has 1 amide bonds. The molecule has 2 aromatic carbocycles. The number of rotatable bonds is 4. The first-order valence-corrected chi connectivity index (χ1v) is 10.3. The molecular weight excluding hydrogens is 390 g/mol. The van der Waals surface area contributed by atoms with Crippen LogP contribution in [0.1, 0.15) is 22.5 Å². The van der Waals surface area contributed by atoms with Crippen molar-refractivity contribution in [3.05, 3.63) is 87.5 Å². The van der Waals surface area contributed by atoms with Gasteiger partial charge in [0.05, 0.1) is 17.8 Å². The van der Waals surface area contributed by atoms with Gasteiger partial charge in [0, 0.05) is 35.2 Å². The minimum absolute atomic E-state index is 0.123. The van der Waals surface area contributed by atoms with Crippen molar-refractivity contribution in [1.29, 1.82) is 0 Å². The van der Waals surface area contributed by atoms with Crippen LogP contribution in [0.3, 0.4) is 0 Å². The van der Waals surface area contributed by atoms with E-state index >= 15 is 0 Å². The Hall–Kier alpha value is -3.87. The van der Waals surface area contributed by atoms with E-state index in [4.69, 9.17) is 0 Å². The van der Waals surface area contributed by atoms with Crippen LogP contribution in [-0.2, 0) is 17.6 Å². The fourth-order valence-corrected chi connectivity index (χ4v) is 4.37. The number of carbonyl (C=O) groups excluding carboxylic acids is 1. The minimum Gasteiger partial charge on any atom is -0.339 e. The molecule has 0 unspecified atom stereocenters. The van der Waals surface area contributed by atoms with Crippen molar-refractivity contribution in [2.24, 2.45) is 0 Å². The van der Waals surface area contributed by atoms with Gasteiger partial charge in [-0.25, -0.2) is 9.50 Å². The molecule has 0 spiro atoms. The topological polar surface area (TPSA) is 82.5 Å². The summed E-state index contributed by atoms with van der Waals surface area (Å²) >= 11 is 0. The number of amides is 1. The van der Waals surface area contributed by atoms with Gasteiger partial charge in [0.1, 0.15) is 0 Å². The molecular formula is C24H23N5O2. The predicted molar refractivity (Wildman–Crippen MR) is 121 cm³/mol. The molecule has 0 saturated heterocycles. The molecule has 4 aromatic rings. The Morgan fingerprint density at radius 2 is 1.84 bits per heavy atom. The maximum atomic E-state index is 13.0. The third-order valence-electron chi connectivity index (χ3n) is 5.90. The van der Waals surface area contributed by atoms with E-state index < -0.39 is 0 Å². The van der Waals surface area contributed by atoms with Gasteiger partial charge >= 0.3 is 0 Å². The van der Waals surface area contributed by atoms with Crippen molar-refractivity contribution in [2.45, 2.75) is 26.7 Å². The number of hydrogen-bond acceptors (Lipinski definition) is 4. The molecule has 0 bridgehead atoms. The number of aromatic amines is 1. The van der Waals surface area contributed by atoms with E-state index in [1.54, 1.807) is 4.52 Å². The molecule has 0 radical (unpaired) electrons. The summed E-state index contributed by atoms with van der Waals surface area (Å²) in [5, 5.41) is 5.82. The molecule has 0 atom stereocenters. The first kappa shape index (κ1) is 19.1. The Balaban J connectivity index is 1.43. The number of para-hydroxylation sites is 3. The average molecular weight is 413 g/mol. The summed E-state index contributed by atoms with van der Waals surface area (Å²) < 4.78 is 1.63. The lowest BCUT2D eigenvalue weighted by atomic mass is 10.1. The maximum absolute atomic E-state index is 13.0. The van der Waals surface area contributed by atoms with Gasteiger partial charge < -0.3 is 10.2 Å². The highest BCUT2D eigenvalue weighted by Crippen LogP contribution is 2.38. The third-order valence-corrected chi connectivity index (χ3v) is 5.90. The van der Waals surface area contributed by atoms with Crippen LogP contribution in [-0.4, -0.2) is 27.0 Å². The van der Waals surface area contributed by atoms with Gasteiger partial charge in [0.15, 0.2) is 5.65 Å². The lowest BCUT2D eigenvalue weighted by molar-refractivity contribution is -0.115. The van der Waals surface area contributed by atoms with Crippen molar-refractivity contribution in [3.8, 4) is 0 Å². The van der Waals surface area contributed by atoms with E-state index in [1.165, 1.54) is 17.3 Å². The van der Waals surface area contributed by atoms with Crippen LogP contribution in [0.15, 0.2) is 59.4 Å². The van der Waals surface area contributed by atoms with Crippen LogP contribution in [0, 0.1) is 13.8 Å². The Bertz CT molecular complexity index is 1370. The number of benzene rings is 2. The number of anilines is 3. The Labute approximate surface area is 179 Å². The molecule has 31 heavy (non-hydrogen) atoms. The SMILES string of the molecule is Cc1nc2cc(=O)[nH]n2c(C)c1CC(=O)Nc1ccccc1N1CCc2ccccc21. The van der Waals surface area contributed by atoms with Crippen molar-refractivity contribution < 1.29 is 4.79 Å². The zero-order valence-electron chi connectivity index (χ0n) is 17.5. The van der Waals surface area contributed by atoms with Gasteiger partial charge in [-0.15, -0.1) is 0 Å². The Kier molecular flexibility index (Phi) is 4.58. The Morgan fingerprint density at radius 1 is 1.10 bits per heavy atom. The summed E-state index contributed by atoms with van der Waals surface area (Å²) in [4.78, 5) is 31.4. The summed E-state index contributed by atoms with van der Waals surface area (Å²) in [6, 6.07) is 17.7. The van der Waals surface area contributed by atoms with Crippen LogP contribution >= 0.6 is 0 Å². The summed E-state index contributed by atoms with van der Waals surface area (Å²) in [7, 11) is 0. The molecule has 0 fully saturated rings. The highest BCUT2D eigenvalue weighted by molar-refractivity contribution is 5.96. The fraction of sp³-hybridized carbons (Fsp3) is 0.208. The van der Waals surface area contributed by atoms with Crippen LogP contribution in [0.2, 0.25) is 0 Å². The summed E-state index contributed by atoms with van der Waals surface area (Å²) in [6.45, 7) is 4.63. The summed E-state index contributed by atoms with van der Waals surface area (Å²) in [6.07, 6.45) is 1.16. The first-order chi connectivity index (χ1) is 15.0. The van der Waals surface area contributed by atoms with Crippen molar-refractivity contribution in [3.63, 3.8) is 0 Å². The highest BCUT2D eigenvalue weighted by Gasteiger charge is 2.22. The summed E-state index contributed by atoms with van der Waals surface area (Å²) in [5.41, 5.74) is 6.96. The van der Waals surface area contributed by atoms with E-state index in [9.17, 15) is 9.59 Å². The number of carbonyl (C=O) groups is 1. The largest absolute Gasteiger partial charge is 0.339 e. The number of aryl methyl sites for hydroxylation is 2. The predicted octanol–water partition coefficient (Wildman–Crippen LogP) is 3.51. The Morgan fingerprint density at radius 3 is 2.68 bits per heavy atom. The fourth-order valence-electron chi connectivity index (χ4n) is 4.37. The minimum atomic E-state index is -0.212. The van der Waals surface area contributed by atoms with Gasteiger partial charge in [0.2, 0.25) is 5.91 Å². The second-order valence-electron chi connectivity index (χ2n) is 7.85. The number of nitrogens with one attached hydrogen (secondary N) is 2.